The summed E-state index contributed by atoms with van der Waals surface area (Å²) in [5.41, 5.74) is 1.46. The normalized spacial score (nSPS) is 10.3. The number of aliphatic carboxylic acids is 1. The zero-order chi connectivity index (χ0) is 13.1. The van der Waals surface area contributed by atoms with Crippen LogP contribution in [-0.4, -0.2) is 16.9 Å². The summed E-state index contributed by atoms with van der Waals surface area (Å²) in [4.78, 5) is 21.8. The van der Waals surface area contributed by atoms with Crippen molar-refractivity contribution in [2.24, 2.45) is 0 Å². The van der Waals surface area contributed by atoms with Gasteiger partial charge in [0.25, 0.3) is 0 Å². The second-order valence-electron chi connectivity index (χ2n) is 3.99. The number of hydrogen-bond donors (Lipinski definition) is 1. The van der Waals surface area contributed by atoms with Crippen molar-refractivity contribution < 1.29 is 19.1 Å². The molecule has 0 bridgehead atoms. The minimum atomic E-state index is -0.879. The summed E-state index contributed by atoms with van der Waals surface area (Å²) in [5, 5.41) is 8.74. The molecule has 2 aromatic rings. The van der Waals surface area contributed by atoms with E-state index in [2.05, 4.69) is 0 Å². The van der Waals surface area contributed by atoms with Crippen LogP contribution in [0.1, 0.15) is 23.0 Å². The zero-order valence-electron chi connectivity index (χ0n) is 9.84. The van der Waals surface area contributed by atoms with E-state index >= 15 is 0 Å². The van der Waals surface area contributed by atoms with Gasteiger partial charge in [0.2, 0.25) is 0 Å². The largest absolute Gasteiger partial charge is 0.481 e. The van der Waals surface area contributed by atoms with Crippen molar-refractivity contribution in [1.29, 1.82) is 0 Å². The van der Waals surface area contributed by atoms with Crippen LogP contribution in [0.2, 0.25) is 0 Å². The van der Waals surface area contributed by atoms with Crippen LogP contribution in [0.3, 0.4) is 0 Å². The van der Waals surface area contributed by atoms with Gasteiger partial charge in [-0.05, 0) is 23.8 Å². The maximum absolute atomic E-state index is 11.1. The number of rotatable bonds is 4. The van der Waals surface area contributed by atoms with Gasteiger partial charge in [0.1, 0.15) is 5.76 Å². The SMILES string of the molecule is CC(=O)c1ccc(-c2cccc(CC(=O)O)c2)o1. The van der Waals surface area contributed by atoms with Crippen molar-refractivity contribution >= 4 is 11.8 Å². The Morgan fingerprint density at radius 3 is 2.61 bits per heavy atom. The van der Waals surface area contributed by atoms with Crippen LogP contribution in [-0.2, 0) is 11.2 Å². The molecule has 0 aliphatic heterocycles. The Balaban J connectivity index is 2.32. The highest BCUT2D eigenvalue weighted by Gasteiger charge is 2.09. The van der Waals surface area contributed by atoms with Crippen LogP contribution < -0.4 is 0 Å². The number of hydrogen-bond acceptors (Lipinski definition) is 3. The lowest BCUT2D eigenvalue weighted by Crippen LogP contribution is -1.99. The van der Waals surface area contributed by atoms with Crippen molar-refractivity contribution in [2.45, 2.75) is 13.3 Å². The molecule has 0 aliphatic carbocycles. The Labute approximate surface area is 104 Å². The first-order chi connectivity index (χ1) is 8.56. The van der Waals surface area contributed by atoms with E-state index in [1.165, 1.54) is 6.92 Å². The summed E-state index contributed by atoms with van der Waals surface area (Å²) in [6, 6.07) is 10.4. The summed E-state index contributed by atoms with van der Waals surface area (Å²) in [7, 11) is 0. The average molecular weight is 244 g/mol. The minimum Gasteiger partial charge on any atom is -0.481 e. The predicted octanol–water partition coefficient (Wildman–Crippen LogP) is 2.78. The number of ketones is 1. The number of benzene rings is 1. The summed E-state index contributed by atoms with van der Waals surface area (Å²) < 4.78 is 5.39. The predicted molar refractivity (Wildman–Crippen MR) is 65.5 cm³/mol. The van der Waals surface area contributed by atoms with Crippen LogP contribution in [0, 0.1) is 0 Å². The lowest BCUT2D eigenvalue weighted by Gasteiger charge is -2.00. The van der Waals surface area contributed by atoms with Crippen molar-refractivity contribution in [2.75, 3.05) is 0 Å². The molecule has 1 heterocycles. The van der Waals surface area contributed by atoms with E-state index in [1.54, 1.807) is 30.3 Å². The molecule has 0 atom stereocenters. The molecule has 1 aromatic carbocycles. The Hall–Kier alpha value is -2.36. The van der Waals surface area contributed by atoms with Crippen molar-refractivity contribution in [1.82, 2.24) is 0 Å². The van der Waals surface area contributed by atoms with Gasteiger partial charge in [-0.1, -0.05) is 18.2 Å². The van der Waals surface area contributed by atoms with E-state index in [0.29, 0.717) is 17.1 Å². The third-order valence-corrected chi connectivity index (χ3v) is 2.52. The summed E-state index contributed by atoms with van der Waals surface area (Å²) in [6.07, 6.45) is -0.0336. The fraction of sp³-hybridized carbons (Fsp3) is 0.143. The molecule has 0 unspecified atom stereocenters. The molecule has 92 valence electrons. The highest BCUT2D eigenvalue weighted by Crippen LogP contribution is 2.23. The number of carbonyl (C=O) groups is 2. The van der Waals surface area contributed by atoms with Gasteiger partial charge in [-0.15, -0.1) is 0 Å². The lowest BCUT2D eigenvalue weighted by molar-refractivity contribution is -0.136. The molecule has 1 N–H and O–H groups in total. The number of carboxylic acids is 1. The Bertz CT molecular complexity index is 595. The Morgan fingerprint density at radius 1 is 1.22 bits per heavy atom. The number of carboxylic acid groups (broad SMARTS) is 1. The molecule has 0 saturated carbocycles. The van der Waals surface area contributed by atoms with Gasteiger partial charge < -0.3 is 9.52 Å². The van der Waals surface area contributed by atoms with Crippen molar-refractivity contribution in [3.8, 4) is 11.3 Å². The molecule has 18 heavy (non-hydrogen) atoms. The van der Waals surface area contributed by atoms with Gasteiger partial charge in [-0.3, -0.25) is 9.59 Å². The first-order valence-corrected chi connectivity index (χ1v) is 5.48. The molecule has 4 heteroatoms. The monoisotopic (exact) mass is 244 g/mol. The summed E-state index contributed by atoms with van der Waals surface area (Å²) >= 11 is 0. The molecule has 2 rings (SSSR count). The highest BCUT2D eigenvalue weighted by molar-refractivity contribution is 5.91. The van der Waals surface area contributed by atoms with E-state index in [0.717, 1.165) is 5.56 Å². The smallest absolute Gasteiger partial charge is 0.307 e. The molecule has 0 amide bonds. The van der Waals surface area contributed by atoms with Gasteiger partial charge in [0, 0.05) is 12.5 Å². The third-order valence-electron chi connectivity index (χ3n) is 2.52. The van der Waals surface area contributed by atoms with Crippen LogP contribution in [0.4, 0.5) is 0 Å². The van der Waals surface area contributed by atoms with Gasteiger partial charge >= 0.3 is 5.97 Å². The fourth-order valence-corrected chi connectivity index (χ4v) is 1.69. The van der Waals surface area contributed by atoms with Gasteiger partial charge in [-0.25, -0.2) is 0 Å². The van der Waals surface area contributed by atoms with Crippen molar-refractivity contribution in [3.05, 3.63) is 47.7 Å². The summed E-state index contributed by atoms with van der Waals surface area (Å²) in [6.45, 7) is 1.43. The molecule has 1 aromatic heterocycles. The van der Waals surface area contributed by atoms with Crippen LogP contribution in [0.15, 0.2) is 40.8 Å². The van der Waals surface area contributed by atoms with E-state index < -0.39 is 5.97 Å². The maximum atomic E-state index is 11.1. The summed E-state index contributed by atoms with van der Waals surface area (Å²) in [5.74, 6) is -0.153. The average Bonchev–Trinajstić information content (AvgIpc) is 2.77. The molecule has 0 spiro atoms. The van der Waals surface area contributed by atoms with Crippen LogP contribution in [0.5, 0.6) is 0 Å². The van der Waals surface area contributed by atoms with Gasteiger partial charge in [0.15, 0.2) is 11.5 Å². The van der Waals surface area contributed by atoms with Crippen LogP contribution >= 0.6 is 0 Å². The standard InChI is InChI=1S/C14H12O4/c1-9(15)12-5-6-13(18-12)11-4-2-3-10(7-11)8-14(16)17/h2-7H,8H2,1H3,(H,16,17). The molecule has 0 fully saturated rings. The van der Waals surface area contributed by atoms with Gasteiger partial charge in [0.05, 0.1) is 6.42 Å². The fourth-order valence-electron chi connectivity index (χ4n) is 1.69. The maximum Gasteiger partial charge on any atom is 0.307 e. The molecular weight excluding hydrogens is 232 g/mol. The Morgan fingerprint density at radius 2 is 2.00 bits per heavy atom. The molecule has 4 nitrogen and oxygen atoms in total. The Kier molecular flexibility index (Phi) is 3.28. The second kappa shape index (κ2) is 4.87. The number of carbonyl (C=O) groups excluding carboxylic acids is 1. The first kappa shape index (κ1) is 12.1. The number of Topliss-reactive ketones (excluding diaryl/α,β-unsaturated/α-hetero) is 1. The first-order valence-electron chi connectivity index (χ1n) is 5.48. The quantitative estimate of drug-likeness (QED) is 0.840. The molecule has 0 radical (unpaired) electrons. The lowest BCUT2D eigenvalue weighted by atomic mass is 10.1. The molecule has 0 aliphatic rings. The molecular formula is C14H12O4. The van der Waals surface area contributed by atoms with E-state index in [4.69, 9.17) is 9.52 Å². The van der Waals surface area contributed by atoms with Crippen molar-refractivity contribution in [3.63, 3.8) is 0 Å². The van der Waals surface area contributed by atoms with E-state index in [1.807, 2.05) is 6.07 Å². The second-order valence-corrected chi connectivity index (χ2v) is 3.99. The van der Waals surface area contributed by atoms with E-state index in [-0.39, 0.29) is 12.2 Å². The minimum absolute atomic E-state index is 0.0336. The number of furan rings is 1. The zero-order valence-corrected chi connectivity index (χ0v) is 9.84. The third kappa shape index (κ3) is 2.66. The van der Waals surface area contributed by atoms with Crippen LogP contribution in [0.25, 0.3) is 11.3 Å². The topological polar surface area (TPSA) is 67.5 Å². The van der Waals surface area contributed by atoms with E-state index in [9.17, 15) is 9.59 Å². The molecule has 0 saturated heterocycles. The van der Waals surface area contributed by atoms with Gasteiger partial charge in [-0.2, -0.15) is 0 Å². The highest BCUT2D eigenvalue weighted by atomic mass is 16.4.